The standard InChI is InChI=1S/C30H35N3/c1-21(2)29(24-10-7-9-23(4)17-24)19-28-20-30(25-11-8-12-27(18-25)32(5)6)31-33(28)26-15-13-22(3)14-16-26/h7-18,20,29-31H,1,19H2,2-6H3. The van der Waals surface area contributed by atoms with Crippen molar-refractivity contribution in [1.29, 1.82) is 0 Å². The lowest BCUT2D eigenvalue weighted by molar-refractivity contribution is 0.646. The van der Waals surface area contributed by atoms with Crippen LogP contribution in [0, 0.1) is 13.8 Å². The summed E-state index contributed by atoms with van der Waals surface area (Å²) in [5.41, 5.74) is 13.7. The Morgan fingerprint density at radius 2 is 1.70 bits per heavy atom. The van der Waals surface area contributed by atoms with Crippen LogP contribution in [-0.4, -0.2) is 14.1 Å². The Morgan fingerprint density at radius 1 is 0.970 bits per heavy atom. The normalized spacial score (nSPS) is 16.5. The average Bonchev–Trinajstić information content (AvgIpc) is 3.22. The van der Waals surface area contributed by atoms with Crippen LogP contribution in [0.3, 0.4) is 0 Å². The number of hydrogen-bond donors (Lipinski definition) is 1. The molecular formula is C30H35N3. The van der Waals surface area contributed by atoms with Gasteiger partial charge in [0.15, 0.2) is 0 Å². The molecule has 0 amide bonds. The molecule has 2 unspecified atom stereocenters. The Bertz CT molecular complexity index is 1160. The molecule has 3 heteroatoms. The Balaban J connectivity index is 1.71. The van der Waals surface area contributed by atoms with Crippen molar-refractivity contribution in [2.24, 2.45) is 0 Å². The van der Waals surface area contributed by atoms with E-state index in [9.17, 15) is 0 Å². The third kappa shape index (κ3) is 5.20. The molecule has 0 saturated heterocycles. The molecule has 3 nitrogen and oxygen atoms in total. The molecule has 0 aliphatic carbocycles. The predicted octanol–water partition coefficient (Wildman–Crippen LogP) is 7.07. The van der Waals surface area contributed by atoms with Gasteiger partial charge in [0.05, 0.1) is 11.7 Å². The minimum Gasteiger partial charge on any atom is -0.378 e. The fourth-order valence-corrected chi connectivity index (χ4v) is 4.46. The Labute approximate surface area is 199 Å². The Kier molecular flexibility index (Phi) is 6.71. The van der Waals surface area contributed by atoms with Gasteiger partial charge in [-0.25, -0.2) is 5.43 Å². The first-order valence-corrected chi connectivity index (χ1v) is 11.6. The summed E-state index contributed by atoms with van der Waals surface area (Å²) >= 11 is 0. The number of hydrogen-bond acceptors (Lipinski definition) is 3. The lowest BCUT2D eigenvalue weighted by Crippen LogP contribution is -2.34. The number of nitrogens with zero attached hydrogens (tertiary/aromatic N) is 2. The third-order valence-corrected chi connectivity index (χ3v) is 6.40. The second-order valence-electron chi connectivity index (χ2n) is 9.44. The molecule has 2 atom stereocenters. The second kappa shape index (κ2) is 9.68. The maximum atomic E-state index is 4.35. The molecule has 0 spiro atoms. The molecule has 0 bridgehead atoms. The van der Waals surface area contributed by atoms with Gasteiger partial charge in [-0.2, -0.15) is 0 Å². The van der Waals surface area contributed by atoms with Gasteiger partial charge in [0.2, 0.25) is 0 Å². The minimum atomic E-state index is 0.115. The van der Waals surface area contributed by atoms with Crippen LogP contribution in [0.25, 0.3) is 0 Å². The summed E-state index contributed by atoms with van der Waals surface area (Å²) < 4.78 is 0. The van der Waals surface area contributed by atoms with E-state index in [1.807, 2.05) is 0 Å². The minimum absolute atomic E-state index is 0.115. The summed E-state index contributed by atoms with van der Waals surface area (Å²) in [6.45, 7) is 10.8. The molecule has 0 radical (unpaired) electrons. The van der Waals surface area contributed by atoms with Crippen molar-refractivity contribution in [2.75, 3.05) is 24.0 Å². The van der Waals surface area contributed by atoms with E-state index >= 15 is 0 Å². The molecule has 1 aliphatic rings. The van der Waals surface area contributed by atoms with Crippen LogP contribution >= 0.6 is 0 Å². The highest BCUT2D eigenvalue weighted by Gasteiger charge is 2.28. The van der Waals surface area contributed by atoms with Crippen LogP contribution in [0.15, 0.2) is 96.7 Å². The highest BCUT2D eigenvalue weighted by molar-refractivity contribution is 5.56. The largest absolute Gasteiger partial charge is 0.378 e. The number of benzene rings is 3. The number of nitrogens with one attached hydrogen (secondary N) is 1. The zero-order chi connectivity index (χ0) is 23.5. The van der Waals surface area contributed by atoms with Crippen molar-refractivity contribution >= 4 is 11.4 Å². The second-order valence-corrected chi connectivity index (χ2v) is 9.44. The average molecular weight is 438 g/mol. The molecule has 1 N–H and O–H groups in total. The van der Waals surface area contributed by atoms with Crippen molar-refractivity contribution in [2.45, 2.75) is 39.2 Å². The van der Waals surface area contributed by atoms with Gasteiger partial charge in [0.25, 0.3) is 0 Å². The lowest BCUT2D eigenvalue weighted by atomic mass is 9.87. The lowest BCUT2D eigenvalue weighted by Gasteiger charge is -2.27. The van der Waals surface area contributed by atoms with E-state index in [4.69, 9.17) is 0 Å². The summed E-state index contributed by atoms with van der Waals surface area (Å²) in [7, 11) is 4.17. The first-order valence-electron chi connectivity index (χ1n) is 11.6. The van der Waals surface area contributed by atoms with Gasteiger partial charge in [-0.1, -0.05) is 71.8 Å². The quantitative estimate of drug-likeness (QED) is 0.399. The molecule has 0 fully saturated rings. The molecular weight excluding hydrogens is 402 g/mol. The van der Waals surface area contributed by atoms with Crippen LogP contribution in [0.4, 0.5) is 11.4 Å². The molecule has 1 aliphatic heterocycles. The third-order valence-electron chi connectivity index (χ3n) is 6.40. The van der Waals surface area contributed by atoms with E-state index in [0.29, 0.717) is 0 Å². The first kappa shape index (κ1) is 22.9. The van der Waals surface area contributed by atoms with Gasteiger partial charge in [-0.3, -0.25) is 5.01 Å². The number of hydrazine groups is 1. The number of allylic oxidation sites excluding steroid dienone is 2. The van der Waals surface area contributed by atoms with Gasteiger partial charge in [0.1, 0.15) is 0 Å². The van der Waals surface area contributed by atoms with Crippen LogP contribution in [0.2, 0.25) is 0 Å². The number of aryl methyl sites for hydroxylation is 2. The van der Waals surface area contributed by atoms with Crippen LogP contribution < -0.4 is 15.3 Å². The molecule has 3 aromatic carbocycles. The summed E-state index contributed by atoms with van der Waals surface area (Å²) in [5, 5.41) is 2.26. The van der Waals surface area contributed by atoms with Crippen LogP contribution in [0.5, 0.6) is 0 Å². The summed E-state index contributed by atoms with van der Waals surface area (Å²) in [6.07, 6.45) is 3.27. The van der Waals surface area contributed by atoms with Gasteiger partial charge in [-0.05, 0) is 68.7 Å². The maximum absolute atomic E-state index is 4.35. The molecule has 0 aromatic heterocycles. The fourth-order valence-electron chi connectivity index (χ4n) is 4.46. The summed E-state index contributed by atoms with van der Waals surface area (Å²) in [5.74, 6) is 0.262. The van der Waals surface area contributed by atoms with E-state index < -0.39 is 0 Å². The monoisotopic (exact) mass is 437 g/mol. The zero-order valence-corrected chi connectivity index (χ0v) is 20.5. The van der Waals surface area contributed by atoms with Crippen molar-refractivity contribution in [3.05, 3.63) is 119 Å². The van der Waals surface area contributed by atoms with E-state index in [1.165, 1.54) is 39.2 Å². The van der Waals surface area contributed by atoms with Crippen molar-refractivity contribution in [3.63, 3.8) is 0 Å². The highest BCUT2D eigenvalue weighted by atomic mass is 15.5. The van der Waals surface area contributed by atoms with E-state index in [-0.39, 0.29) is 12.0 Å². The predicted molar refractivity (Wildman–Crippen MR) is 142 cm³/mol. The van der Waals surface area contributed by atoms with Gasteiger partial charge >= 0.3 is 0 Å². The van der Waals surface area contributed by atoms with Gasteiger partial charge < -0.3 is 4.90 Å². The zero-order valence-electron chi connectivity index (χ0n) is 20.5. The van der Waals surface area contributed by atoms with Crippen molar-refractivity contribution in [3.8, 4) is 0 Å². The molecule has 33 heavy (non-hydrogen) atoms. The summed E-state index contributed by atoms with van der Waals surface area (Å²) in [4.78, 5) is 2.15. The SMILES string of the molecule is C=C(C)C(CC1=CC(c2cccc(N(C)C)c2)NN1c1ccc(C)cc1)c1cccc(C)c1. The summed E-state index contributed by atoms with van der Waals surface area (Å²) in [6, 6.07) is 26.4. The van der Waals surface area contributed by atoms with E-state index in [0.717, 1.165) is 12.1 Å². The van der Waals surface area contributed by atoms with Gasteiger partial charge in [-0.15, -0.1) is 0 Å². The molecule has 4 rings (SSSR count). The number of rotatable bonds is 7. The van der Waals surface area contributed by atoms with Gasteiger partial charge in [0, 0.05) is 31.4 Å². The van der Waals surface area contributed by atoms with Crippen molar-refractivity contribution < 1.29 is 0 Å². The van der Waals surface area contributed by atoms with E-state index in [1.54, 1.807) is 0 Å². The smallest absolute Gasteiger partial charge is 0.0718 e. The van der Waals surface area contributed by atoms with Crippen LogP contribution in [-0.2, 0) is 0 Å². The Morgan fingerprint density at radius 3 is 2.36 bits per heavy atom. The molecule has 3 aromatic rings. The number of anilines is 2. The van der Waals surface area contributed by atoms with Crippen molar-refractivity contribution in [1.82, 2.24) is 5.43 Å². The molecule has 0 saturated carbocycles. The fraction of sp³-hybridized carbons (Fsp3) is 0.267. The first-order chi connectivity index (χ1) is 15.8. The Hall–Kier alpha value is -3.30. The van der Waals surface area contributed by atoms with E-state index in [2.05, 4.69) is 136 Å². The highest BCUT2D eigenvalue weighted by Crippen LogP contribution is 2.37. The molecule has 1 heterocycles. The topological polar surface area (TPSA) is 18.5 Å². The molecule has 170 valence electrons. The van der Waals surface area contributed by atoms with Crippen LogP contribution in [0.1, 0.15) is 47.6 Å². The maximum Gasteiger partial charge on any atom is 0.0718 e.